The number of fused-ring (bicyclic) bond motifs is 4. The Kier molecular flexibility index (Phi) is 7.29. The van der Waals surface area contributed by atoms with Crippen molar-refractivity contribution in [3.63, 3.8) is 0 Å². The predicted molar refractivity (Wildman–Crippen MR) is 134 cm³/mol. The minimum Gasteiger partial charge on any atom is -0.361 e. The van der Waals surface area contributed by atoms with Crippen LogP contribution in [0, 0.1) is 0 Å². The van der Waals surface area contributed by atoms with Crippen molar-refractivity contribution >= 4 is 11.9 Å². The summed E-state index contributed by atoms with van der Waals surface area (Å²) in [6.07, 6.45) is 13.9. The Morgan fingerprint density at radius 3 is 2.59 bits per heavy atom. The molecule has 2 aromatic heterocycles. The first-order valence-electron chi connectivity index (χ1n) is 11.7. The lowest BCUT2D eigenvalue weighted by atomic mass is 9.70. The molecule has 0 aliphatic carbocycles. The average molecular weight is 431 g/mol. The molecule has 0 spiro atoms. The van der Waals surface area contributed by atoms with Gasteiger partial charge < -0.3 is 5.32 Å². The molecule has 5 heteroatoms. The van der Waals surface area contributed by atoms with Crippen LogP contribution in [-0.2, 0) is 12.6 Å². The monoisotopic (exact) mass is 430 g/mol. The lowest BCUT2D eigenvalue weighted by molar-refractivity contribution is -0.660. The summed E-state index contributed by atoms with van der Waals surface area (Å²) in [4.78, 5) is 9.45. The quantitative estimate of drug-likeness (QED) is 0.481. The van der Waals surface area contributed by atoms with E-state index in [-0.39, 0.29) is 17.5 Å². The van der Waals surface area contributed by atoms with Crippen LogP contribution in [-0.4, -0.2) is 15.8 Å². The molecule has 5 rings (SSSR count). The molecular formula is C27H36N5+. The zero-order chi connectivity index (χ0) is 23.3. The fourth-order valence-corrected chi connectivity index (χ4v) is 4.78. The Bertz CT molecular complexity index is 1110. The van der Waals surface area contributed by atoms with E-state index < -0.39 is 0 Å². The summed E-state index contributed by atoms with van der Waals surface area (Å²) in [6.45, 7) is 12.6. The molecule has 3 aromatic rings. The van der Waals surface area contributed by atoms with E-state index in [0.717, 1.165) is 11.3 Å². The zero-order valence-electron chi connectivity index (χ0n) is 20.4. The van der Waals surface area contributed by atoms with E-state index in [1.165, 1.54) is 17.0 Å². The molecule has 2 aliphatic heterocycles. The topological polar surface area (TPSA) is 46.1 Å². The van der Waals surface area contributed by atoms with Crippen LogP contribution in [0.15, 0.2) is 72.4 Å². The largest absolute Gasteiger partial charge is 0.361 e. The van der Waals surface area contributed by atoms with E-state index in [9.17, 15) is 0 Å². The second kappa shape index (κ2) is 9.94. The number of benzene rings is 1. The Balaban J connectivity index is 0.000000686. The van der Waals surface area contributed by atoms with Crippen LogP contribution < -0.4 is 9.88 Å². The Hall–Kier alpha value is -3.21. The molecule has 3 atom stereocenters. The van der Waals surface area contributed by atoms with Crippen LogP contribution >= 0.6 is 0 Å². The number of nitrogens with one attached hydrogen (secondary N) is 1. The number of aliphatic imine (C=N–C) groups is 1. The van der Waals surface area contributed by atoms with Gasteiger partial charge in [-0.1, -0.05) is 52.8 Å². The third-order valence-electron chi connectivity index (χ3n) is 6.42. The summed E-state index contributed by atoms with van der Waals surface area (Å²) >= 11 is 0. The van der Waals surface area contributed by atoms with Crippen LogP contribution in [0.25, 0.3) is 11.4 Å². The standard InChI is InChI=1S/C23H24N5.2C2H6/c1-16-17-7-4-5-8-18(17)22-27(3)13-14-28(22)23(16,2)21-19-15-24-12-9-20(19)25-10-6-11-26-21;2*1-2/h4-16,21,25H,1-3H3;2*1-2H3/q+1;;/b10-6-,26-11?;;/t16?,21-,23+;;/m0../s1. The Morgan fingerprint density at radius 2 is 1.81 bits per heavy atom. The molecule has 0 saturated carbocycles. The van der Waals surface area contributed by atoms with Gasteiger partial charge in [-0.25, -0.2) is 9.13 Å². The summed E-state index contributed by atoms with van der Waals surface area (Å²) in [6, 6.07) is 10.7. The summed E-state index contributed by atoms with van der Waals surface area (Å²) in [5.41, 5.74) is 4.53. The smallest absolute Gasteiger partial charge is 0.289 e. The molecule has 1 aromatic carbocycles. The van der Waals surface area contributed by atoms with Gasteiger partial charge in [0.25, 0.3) is 5.82 Å². The summed E-state index contributed by atoms with van der Waals surface area (Å²) in [7, 11) is 2.11. The molecule has 0 radical (unpaired) electrons. The zero-order valence-corrected chi connectivity index (χ0v) is 20.4. The van der Waals surface area contributed by atoms with Crippen LogP contribution in [0.1, 0.15) is 64.6 Å². The van der Waals surface area contributed by atoms with Gasteiger partial charge in [0.1, 0.15) is 24.0 Å². The summed E-state index contributed by atoms with van der Waals surface area (Å²) < 4.78 is 4.61. The fourth-order valence-electron chi connectivity index (χ4n) is 4.78. The number of pyridine rings is 1. The number of nitrogens with zero attached hydrogens (tertiary/aromatic N) is 4. The van der Waals surface area contributed by atoms with Crippen molar-refractivity contribution in [3.05, 3.63) is 78.5 Å². The molecule has 0 bridgehead atoms. The van der Waals surface area contributed by atoms with Crippen molar-refractivity contribution in [3.8, 4) is 11.4 Å². The highest BCUT2D eigenvalue weighted by atomic mass is 15.2. The van der Waals surface area contributed by atoms with Gasteiger partial charge in [-0.2, -0.15) is 0 Å². The lowest BCUT2D eigenvalue weighted by Gasteiger charge is -2.42. The van der Waals surface area contributed by atoms with E-state index in [2.05, 4.69) is 77.0 Å². The van der Waals surface area contributed by atoms with Gasteiger partial charge in [0.05, 0.1) is 12.6 Å². The first-order chi connectivity index (χ1) is 15.6. The van der Waals surface area contributed by atoms with Gasteiger partial charge in [-0.15, -0.1) is 0 Å². The van der Waals surface area contributed by atoms with E-state index in [0.29, 0.717) is 0 Å². The van der Waals surface area contributed by atoms with Gasteiger partial charge in [0.2, 0.25) is 0 Å². The number of hydrogen-bond acceptors (Lipinski definition) is 3. The van der Waals surface area contributed by atoms with Crippen molar-refractivity contribution in [2.24, 2.45) is 12.0 Å². The van der Waals surface area contributed by atoms with Gasteiger partial charge in [0, 0.05) is 42.0 Å². The van der Waals surface area contributed by atoms with Crippen molar-refractivity contribution in [2.45, 2.75) is 59.0 Å². The first kappa shape index (κ1) is 23.5. The normalized spacial score (nSPS) is 23.3. The maximum atomic E-state index is 5.03. The Morgan fingerprint density at radius 1 is 1.06 bits per heavy atom. The number of allylic oxidation sites excluding steroid dienone is 1. The molecule has 0 fully saturated rings. The van der Waals surface area contributed by atoms with E-state index in [1.807, 2.05) is 64.6 Å². The second-order valence-corrected chi connectivity index (χ2v) is 7.80. The Labute approximate surface area is 192 Å². The van der Waals surface area contributed by atoms with Gasteiger partial charge >= 0.3 is 0 Å². The highest BCUT2D eigenvalue weighted by Gasteiger charge is 2.52. The molecule has 0 saturated heterocycles. The first-order valence-corrected chi connectivity index (χ1v) is 11.7. The molecule has 32 heavy (non-hydrogen) atoms. The molecule has 168 valence electrons. The average Bonchev–Trinajstić information content (AvgIpc) is 3.23. The third kappa shape index (κ3) is 3.66. The van der Waals surface area contributed by atoms with E-state index >= 15 is 0 Å². The van der Waals surface area contributed by atoms with E-state index in [4.69, 9.17) is 4.99 Å². The highest BCUT2D eigenvalue weighted by molar-refractivity contribution is 5.74. The van der Waals surface area contributed by atoms with Crippen molar-refractivity contribution < 1.29 is 4.57 Å². The van der Waals surface area contributed by atoms with Gasteiger partial charge in [-0.05, 0) is 30.7 Å². The van der Waals surface area contributed by atoms with Crippen LogP contribution in [0.4, 0.5) is 5.69 Å². The summed E-state index contributed by atoms with van der Waals surface area (Å²) in [5.74, 6) is 1.48. The third-order valence-corrected chi connectivity index (χ3v) is 6.42. The van der Waals surface area contributed by atoms with Crippen LogP contribution in [0.5, 0.6) is 0 Å². The van der Waals surface area contributed by atoms with Crippen LogP contribution in [0.2, 0.25) is 0 Å². The highest BCUT2D eigenvalue weighted by Crippen LogP contribution is 2.53. The number of aryl methyl sites for hydroxylation is 1. The summed E-state index contributed by atoms with van der Waals surface area (Å²) in [5, 5.41) is 3.39. The molecule has 1 unspecified atom stereocenters. The van der Waals surface area contributed by atoms with Crippen molar-refractivity contribution in [1.29, 1.82) is 0 Å². The molecule has 5 nitrogen and oxygen atoms in total. The number of aromatic nitrogens is 3. The second-order valence-electron chi connectivity index (χ2n) is 7.80. The minimum absolute atomic E-state index is 0.0804. The number of anilines is 1. The van der Waals surface area contributed by atoms with Gasteiger partial charge in [0.15, 0.2) is 0 Å². The number of hydrogen-bond donors (Lipinski definition) is 1. The van der Waals surface area contributed by atoms with E-state index in [1.54, 1.807) is 0 Å². The maximum Gasteiger partial charge on any atom is 0.289 e. The SMILES string of the molecule is CC.CC.CC1c2ccccc2-c2n(cc[n+]2C)[C@@]1(C)[C@H]1N=C/C=C\Nc2ccncc21. The molecule has 1 N–H and O–H groups in total. The van der Waals surface area contributed by atoms with Gasteiger partial charge in [-0.3, -0.25) is 9.98 Å². The molecular weight excluding hydrogens is 394 g/mol. The minimum atomic E-state index is -0.286. The maximum absolute atomic E-state index is 5.03. The van der Waals surface area contributed by atoms with Crippen LogP contribution in [0.3, 0.4) is 0 Å². The lowest BCUT2D eigenvalue weighted by Crippen LogP contribution is -2.46. The number of imidazole rings is 1. The molecule has 0 amide bonds. The predicted octanol–water partition coefficient (Wildman–Crippen LogP) is 6.01. The van der Waals surface area contributed by atoms with Crippen molar-refractivity contribution in [2.75, 3.05) is 5.32 Å². The molecule has 2 aliphatic rings. The molecule has 4 heterocycles. The fraction of sp³-hybridized carbons (Fsp3) is 0.370. The number of rotatable bonds is 1. The van der Waals surface area contributed by atoms with Crippen molar-refractivity contribution in [1.82, 2.24) is 9.55 Å².